The molecule has 1 aliphatic carbocycles. The second-order valence-electron chi connectivity index (χ2n) is 3.32. The highest BCUT2D eigenvalue weighted by Crippen LogP contribution is 2.25. The highest BCUT2D eigenvalue weighted by atomic mass is 16.1. The summed E-state index contributed by atoms with van der Waals surface area (Å²) in [7, 11) is 0. The third-order valence-corrected chi connectivity index (χ3v) is 2.54. The Bertz CT molecular complexity index is 222. The number of nitrogens with one attached hydrogen (secondary N) is 1. The van der Waals surface area contributed by atoms with E-state index in [4.69, 9.17) is 0 Å². The van der Waals surface area contributed by atoms with Crippen molar-refractivity contribution in [3.8, 4) is 0 Å². The van der Waals surface area contributed by atoms with Crippen molar-refractivity contribution in [3.63, 3.8) is 0 Å². The topological polar surface area (TPSA) is 41.5 Å². The molecule has 3 nitrogen and oxygen atoms in total. The van der Waals surface area contributed by atoms with E-state index >= 15 is 0 Å². The highest BCUT2D eigenvalue weighted by Gasteiger charge is 2.37. The van der Waals surface area contributed by atoms with Gasteiger partial charge in [-0.15, -0.1) is 0 Å². The average Bonchev–Trinajstić information content (AvgIpc) is 2.34. The van der Waals surface area contributed by atoms with Crippen molar-refractivity contribution in [1.82, 2.24) is 5.43 Å². The predicted octanol–water partition coefficient (Wildman–Crippen LogP) is 0.703. The third-order valence-electron chi connectivity index (χ3n) is 2.54. The van der Waals surface area contributed by atoms with Crippen LogP contribution in [0.25, 0.3) is 0 Å². The number of hydrogen-bond donors (Lipinski definition) is 1. The summed E-state index contributed by atoms with van der Waals surface area (Å²) in [5.74, 6) is 0.469. The summed E-state index contributed by atoms with van der Waals surface area (Å²) in [6, 6.07) is 0.316. The Hall–Kier alpha value is -0.860. The number of carbonyl (C=O) groups is 1. The summed E-state index contributed by atoms with van der Waals surface area (Å²) in [6.45, 7) is 1.93. The third kappa shape index (κ3) is 0.951. The van der Waals surface area contributed by atoms with Gasteiger partial charge in [0.05, 0.1) is 12.0 Å². The van der Waals surface area contributed by atoms with Gasteiger partial charge in [0.15, 0.2) is 0 Å². The Balaban J connectivity index is 2.21. The van der Waals surface area contributed by atoms with E-state index < -0.39 is 0 Å². The molecule has 3 heteroatoms. The van der Waals surface area contributed by atoms with Crippen molar-refractivity contribution < 1.29 is 4.79 Å². The van der Waals surface area contributed by atoms with Crippen molar-refractivity contribution >= 4 is 11.5 Å². The minimum absolute atomic E-state index is 0.101. The van der Waals surface area contributed by atoms with Crippen LogP contribution in [0.5, 0.6) is 0 Å². The van der Waals surface area contributed by atoms with Crippen LogP contribution < -0.4 is 5.43 Å². The first-order valence-electron chi connectivity index (χ1n) is 4.11. The zero-order valence-electron chi connectivity index (χ0n) is 6.63. The van der Waals surface area contributed by atoms with Crippen LogP contribution in [0.2, 0.25) is 0 Å². The van der Waals surface area contributed by atoms with Crippen molar-refractivity contribution in [2.45, 2.75) is 32.2 Å². The summed E-state index contributed by atoms with van der Waals surface area (Å²) < 4.78 is 0. The van der Waals surface area contributed by atoms with Crippen LogP contribution in [0.3, 0.4) is 0 Å². The summed E-state index contributed by atoms with van der Waals surface area (Å²) in [5.41, 5.74) is 3.98. The van der Waals surface area contributed by atoms with E-state index in [0.717, 1.165) is 25.0 Å². The standard InChI is InChI=1S/C8H12N2O/c1-5-8-6(10-9-5)3-2-4-7(8)11/h6,8,10H,2-4H2,1H3/t6-,8+/m1/s1. The van der Waals surface area contributed by atoms with Gasteiger partial charge < -0.3 is 5.43 Å². The Labute approximate surface area is 65.9 Å². The van der Waals surface area contributed by atoms with Crippen LogP contribution in [0.1, 0.15) is 26.2 Å². The molecule has 1 fully saturated rings. The summed E-state index contributed by atoms with van der Waals surface area (Å²) in [4.78, 5) is 11.4. The van der Waals surface area contributed by atoms with E-state index in [9.17, 15) is 4.79 Å². The van der Waals surface area contributed by atoms with Crippen molar-refractivity contribution in [2.24, 2.45) is 11.0 Å². The molecule has 0 aromatic carbocycles. The number of Topliss-reactive ketones (excluding diaryl/α,β-unsaturated/α-hetero) is 1. The van der Waals surface area contributed by atoms with E-state index in [1.54, 1.807) is 0 Å². The van der Waals surface area contributed by atoms with Gasteiger partial charge in [-0.2, -0.15) is 5.10 Å². The van der Waals surface area contributed by atoms with E-state index in [1.165, 1.54) is 0 Å². The predicted molar refractivity (Wildman–Crippen MR) is 42.4 cm³/mol. The fraction of sp³-hybridized carbons (Fsp3) is 0.750. The second kappa shape index (κ2) is 2.32. The van der Waals surface area contributed by atoms with E-state index in [2.05, 4.69) is 10.5 Å². The molecule has 1 aliphatic heterocycles. The molecule has 1 heterocycles. The van der Waals surface area contributed by atoms with Crippen LogP contribution in [-0.2, 0) is 4.79 Å². The van der Waals surface area contributed by atoms with Gasteiger partial charge in [0, 0.05) is 12.1 Å². The molecule has 2 atom stereocenters. The molecule has 0 saturated heterocycles. The Morgan fingerprint density at radius 2 is 2.45 bits per heavy atom. The number of carbonyl (C=O) groups excluding carboxylic acids is 1. The molecular weight excluding hydrogens is 140 g/mol. The maximum Gasteiger partial charge on any atom is 0.143 e. The largest absolute Gasteiger partial charge is 0.306 e. The van der Waals surface area contributed by atoms with Crippen LogP contribution in [0.4, 0.5) is 0 Å². The monoisotopic (exact) mass is 152 g/mol. The molecule has 11 heavy (non-hydrogen) atoms. The maximum absolute atomic E-state index is 11.4. The normalized spacial score (nSPS) is 36.1. The van der Waals surface area contributed by atoms with Crippen LogP contribution in [-0.4, -0.2) is 17.5 Å². The van der Waals surface area contributed by atoms with Crippen molar-refractivity contribution in [3.05, 3.63) is 0 Å². The SMILES string of the molecule is CC1=NN[C@@H]2CCCC(=O)[C@@H]12. The van der Waals surface area contributed by atoms with E-state index in [0.29, 0.717) is 11.8 Å². The molecule has 0 unspecified atom stereocenters. The Morgan fingerprint density at radius 1 is 1.64 bits per heavy atom. The molecular formula is C8H12N2O. The Kier molecular flexibility index (Phi) is 1.44. The lowest BCUT2D eigenvalue weighted by atomic mass is 9.82. The average molecular weight is 152 g/mol. The lowest BCUT2D eigenvalue weighted by molar-refractivity contribution is -0.122. The van der Waals surface area contributed by atoms with Crippen LogP contribution in [0.15, 0.2) is 5.10 Å². The summed E-state index contributed by atoms with van der Waals surface area (Å²) in [5, 5.41) is 4.08. The molecule has 1 saturated carbocycles. The molecule has 0 bridgehead atoms. The van der Waals surface area contributed by atoms with Gasteiger partial charge >= 0.3 is 0 Å². The van der Waals surface area contributed by atoms with Gasteiger partial charge in [-0.3, -0.25) is 4.79 Å². The molecule has 0 spiro atoms. The lowest BCUT2D eigenvalue weighted by Crippen LogP contribution is -2.38. The van der Waals surface area contributed by atoms with Gasteiger partial charge in [0.2, 0.25) is 0 Å². The number of rotatable bonds is 0. The molecule has 0 radical (unpaired) electrons. The zero-order chi connectivity index (χ0) is 7.84. The summed E-state index contributed by atoms with van der Waals surface area (Å²) >= 11 is 0. The molecule has 60 valence electrons. The Morgan fingerprint density at radius 3 is 3.18 bits per heavy atom. The number of hydrazone groups is 1. The minimum atomic E-state index is 0.101. The molecule has 1 N–H and O–H groups in total. The lowest BCUT2D eigenvalue weighted by Gasteiger charge is -2.23. The molecule has 2 rings (SSSR count). The molecule has 0 aromatic rings. The second-order valence-corrected chi connectivity index (χ2v) is 3.32. The fourth-order valence-electron chi connectivity index (χ4n) is 1.96. The van der Waals surface area contributed by atoms with Gasteiger partial charge in [-0.05, 0) is 19.8 Å². The van der Waals surface area contributed by atoms with Gasteiger partial charge in [0.1, 0.15) is 5.78 Å². The van der Waals surface area contributed by atoms with Gasteiger partial charge in [0.25, 0.3) is 0 Å². The zero-order valence-corrected chi connectivity index (χ0v) is 6.63. The summed E-state index contributed by atoms with van der Waals surface area (Å²) in [6.07, 6.45) is 2.86. The smallest absolute Gasteiger partial charge is 0.143 e. The van der Waals surface area contributed by atoms with Crippen LogP contribution >= 0.6 is 0 Å². The number of fused-ring (bicyclic) bond motifs is 1. The number of ketones is 1. The number of nitrogens with zero attached hydrogens (tertiary/aromatic N) is 1. The fourth-order valence-corrected chi connectivity index (χ4v) is 1.96. The first kappa shape index (κ1) is 6.83. The first-order valence-corrected chi connectivity index (χ1v) is 4.11. The van der Waals surface area contributed by atoms with Crippen molar-refractivity contribution in [1.29, 1.82) is 0 Å². The number of hydrogen-bond acceptors (Lipinski definition) is 3. The maximum atomic E-state index is 11.4. The quantitative estimate of drug-likeness (QED) is 0.555. The van der Waals surface area contributed by atoms with Gasteiger partial charge in [-0.25, -0.2) is 0 Å². The molecule has 2 aliphatic rings. The first-order chi connectivity index (χ1) is 5.29. The molecule has 0 amide bonds. The molecule has 0 aromatic heterocycles. The van der Waals surface area contributed by atoms with Crippen molar-refractivity contribution in [2.75, 3.05) is 0 Å². The van der Waals surface area contributed by atoms with E-state index in [1.807, 2.05) is 6.92 Å². The van der Waals surface area contributed by atoms with E-state index in [-0.39, 0.29) is 5.92 Å². The highest BCUT2D eigenvalue weighted by molar-refractivity contribution is 6.06. The minimum Gasteiger partial charge on any atom is -0.306 e. The van der Waals surface area contributed by atoms with Crippen LogP contribution in [0, 0.1) is 5.92 Å². The van der Waals surface area contributed by atoms with Gasteiger partial charge in [-0.1, -0.05) is 0 Å².